The molecule has 6 heteroatoms. The molecule has 10 heavy (non-hydrogen) atoms. The van der Waals surface area contributed by atoms with E-state index in [1.54, 1.807) is 0 Å². The van der Waals surface area contributed by atoms with E-state index in [0.717, 1.165) is 0 Å². The van der Waals surface area contributed by atoms with Crippen molar-refractivity contribution >= 4 is 8.41 Å². The summed E-state index contributed by atoms with van der Waals surface area (Å²) in [5.41, 5.74) is 0. The van der Waals surface area contributed by atoms with E-state index in [9.17, 15) is 17.3 Å². The lowest BCUT2D eigenvalue weighted by atomic mass is 11.0. The Morgan fingerprint density at radius 2 is 1.60 bits per heavy atom. The zero-order valence-electron chi connectivity index (χ0n) is 5.63. The van der Waals surface area contributed by atoms with Gasteiger partial charge in [-0.1, -0.05) is 6.92 Å². The van der Waals surface area contributed by atoms with E-state index in [1.807, 2.05) is 0 Å². The monoisotopic (exact) mass is 180 g/mol. The van der Waals surface area contributed by atoms with Gasteiger partial charge in [-0.3, -0.25) is 4.70 Å². The molecular weight excluding hydrogens is 171 g/mol. The highest BCUT2D eigenvalue weighted by molar-refractivity contribution is 6.73. The second kappa shape index (κ2) is 3.31. The van der Waals surface area contributed by atoms with Crippen LogP contribution in [0.3, 0.4) is 0 Å². The molecule has 0 saturated heterocycles. The first-order valence-corrected chi connectivity index (χ1v) is 5.15. The van der Waals surface area contributed by atoms with Crippen LogP contribution in [0, 0.1) is 0 Å². The summed E-state index contributed by atoms with van der Waals surface area (Å²) in [4.78, 5) is 0. The normalized spacial score (nSPS) is 17.4. The van der Waals surface area contributed by atoms with Crippen molar-refractivity contribution in [2.45, 2.75) is 25.3 Å². The van der Waals surface area contributed by atoms with Gasteiger partial charge in [0.25, 0.3) is 0 Å². The summed E-state index contributed by atoms with van der Waals surface area (Å²) in [5, 5.41) is 0. The predicted molar refractivity (Wildman–Crippen MR) is 31.8 cm³/mol. The van der Waals surface area contributed by atoms with Crippen molar-refractivity contribution in [2.75, 3.05) is 0 Å². The average molecular weight is 180 g/mol. The van der Waals surface area contributed by atoms with E-state index in [-0.39, 0.29) is 4.70 Å². The molecule has 0 fully saturated rings. The quantitative estimate of drug-likeness (QED) is 0.330. The zero-order valence-corrected chi connectivity index (χ0v) is 6.63. The summed E-state index contributed by atoms with van der Waals surface area (Å²) in [6.07, 6.45) is 0. The Hall–Kier alpha value is -0.133. The van der Waals surface area contributed by atoms with Crippen molar-refractivity contribution in [3.63, 3.8) is 0 Å². The Morgan fingerprint density at radius 3 is 1.60 bits per heavy atom. The van der Waals surface area contributed by atoms with Crippen molar-refractivity contribution in [3.8, 4) is 0 Å². The van der Waals surface area contributed by atoms with Crippen LogP contribution in [0.1, 0.15) is 6.92 Å². The molecule has 0 radical (unpaired) electrons. The van der Waals surface area contributed by atoms with Crippen molar-refractivity contribution in [2.24, 2.45) is 0 Å². The second-order valence-corrected chi connectivity index (χ2v) is 5.72. The minimum absolute atomic E-state index is 0. The summed E-state index contributed by atoms with van der Waals surface area (Å²) in [5.74, 6) is -4.58. The molecule has 0 nitrogen and oxygen atoms in total. The summed E-state index contributed by atoms with van der Waals surface area (Å²) in [7, 11) is -4.38. The van der Waals surface area contributed by atoms with Crippen LogP contribution in [-0.2, 0) is 0 Å². The van der Waals surface area contributed by atoms with Crippen molar-refractivity contribution in [1.82, 2.24) is 0 Å². The maximum Gasteiger partial charge on any atom is 0.394 e. The van der Waals surface area contributed by atoms with Crippen molar-refractivity contribution in [1.29, 1.82) is 0 Å². The third-order valence-electron chi connectivity index (χ3n) is 1.26. The molecule has 0 aromatic heterocycles. The van der Waals surface area contributed by atoms with Gasteiger partial charge in [-0.25, -0.2) is 0 Å². The van der Waals surface area contributed by atoms with Crippen LogP contribution in [0.15, 0.2) is 0 Å². The van der Waals surface area contributed by atoms with Gasteiger partial charge in [0.2, 0.25) is 0 Å². The highest BCUT2D eigenvalue weighted by Crippen LogP contribution is 2.32. The fourth-order valence-corrected chi connectivity index (χ4v) is 0.601. The fourth-order valence-electron chi connectivity index (χ4n) is 0.200. The number of hydrogen-bond donors (Lipinski definition) is 0. The van der Waals surface area contributed by atoms with Crippen molar-refractivity contribution < 1.29 is 22.0 Å². The molecule has 0 spiro atoms. The lowest BCUT2D eigenvalue weighted by Gasteiger charge is -2.17. The molecule has 1 unspecified atom stereocenters. The van der Waals surface area contributed by atoms with Gasteiger partial charge in [0.05, 0.1) is 0 Å². The third-order valence-corrected chi connectivity index (χ3v) is 3.77. The molecule has 0 N–H and O–H groups in total. The second-order valence-electron chi connectivity index (χ2n) is 2.05. The van der Waals surface area contributed by atoms with E-state index in [0.29, 0.717) is 6.55 Å². The maximum atomic E-state index is 12.3. The Kier molecular flexibility index (Phi) is 4.15. The largest absolute Gasteiger partial charge is 0.394 e. The van der Waals surface area contributed by atoms with Gasteiger partial charge in [-0.2, -0.15) is 13.2 Å². The van der Waals surface area contributed by atoms with Gasteiger partial charge >= 0.3 is 14.2 Å². The highest BCUT2D eigenvalue weighted by Gasteiger charge is 2.54. The summed E-state index contributed by atoms with van der Waals surface area (Å²) in [6.45, 7) is 1.90. The van der Waals surface area contributed by atoms with Crippen LogP contribution in [0.25, 0.3) is 0 Å². The average Bonchev–Trinajstić information content (AvgIpc) is 1.64. The molecule has 1 atom stereocenters. The molecule has 0 aliphatic heterocycles. The van der Waals surface area contributed by atoms with Gasteiger partial charge < -0.3 is 4.11 Å². The molecule has 0 rings (SSSR count). The minimum atomic E-state index is -4.58. The minimum Gasteiger partial charge on any atom is -0.303 e. The molecule has 0 aliphatic rings. The molecule has 0 heterocycles. The summed E-state index contributed by atoms with van der Waals surface area (Å²) < 4.78 is 46.9. The van der Waals surface area contributed by atoms with Crippen LogP contribution in [0.5, 0.6) is 0 Å². The van der Waals surface area contributed by atoms with Gasteiger partial charge in [0.15, 0.2) is 0 Å². The molecule has 0 aromatic rings. The molecule has 0 bridgehead atoms. The number of rotatable bonds is 1. The lowest BCUT2D eigenvalue weighted by Crippen LogP contribution is -2.42. The number of alkyl halides is 3. The van der Waals surface area contributed by atoms with Gasteiger partial charge in [0, 0.05) is 0 Å². The molecule has 0 saturated carbocycles. The van der Waals surface area contributed by atoms with Gasteiger partial charge in [-0.05, 0) is 12.6 Å². The lowest BCUT2D eigenvalue weighted by molar-refractivity contribution is -0.0638. The van der Waals surface area contributed by atoms with Crippen LogP contribution in [-0.4, -0.2) is 14.2 Å². The Labute approximate surface area is 56.8 Å². The highest BCUT2D eigenvalue weighted by atomic mass is 28.4. The fraction of sp³-hybridized carbons (Fsp3) is 1.00. The molecular formula is C4H9F5Si. The summed E-state index contributed by atoms with van der Waals surface area (Å²) in [6, 6.07) is -0.392. The first kappa shape index (κ1) is 12.5. The molecule has 64 valence electrons. The zero-order chi connectivity index (χ0) is 7.71. The number of hydrogen-bond acceptors (Lipinski definition) is 0. The van der Waals surface area contributed by atoms with E-state index >= 15 is 0 Å². The first-order chi connectivity index (χ1) is 3.81. The summed E-state index contributed by atoms with van der Waals surface area (Å²) >= 11 is 0. The smallest absolute Gasteiger partial charge is 0.303 e. The van der Waals surface area contributed by atoms with E-state index in [2.05, 4.69) is 0 Å². The molecule has 0 aliphatic carbocycles. The van der Waals surface area contributed by atoms with Crippen LogP contribution >= 0.6 is 0 Å². The van der Waals surface area contributed by atoms with Crippen LogP contribution in [0.2, 0.25) is 12.6 Å². The first-order valence-electron chi connectivity index (χ1n) is 2.57. The van der Waals surface area contributed by atoms with Crippen LogP contribution in [0.4, 0.5) is 22.0 Å². The van der Waals surface area contributed by atoms with Crippen molar-refractivity contribution in [3.05, 3.63) is 0 Å². The van der Waals surface area contributed by atoms with E-state index in [1.165, 1.54) is 6.92 Å². The van der Waals surface area contributed by atoms with Crippen LogP contribution < -0.4 is 0 Å². The van der Waals surface area contributed by atoms with E-state index < -0.39 is 20.3 Å². The standard InChI is InChI=1S/C4H8F4Si.FH/c1-3-9(2,8)4(5,6)7;/h3H2,1-2H3;1H. The maximum absolute atomic E-state index is 12.3. The molecule has 0 aromatic carbocycles. The number of halogens is 5. The Balaban J connectivity index is 0. The van der Waals surface area contributed by atoms with E-state index in [4.69, 9.17) is 0 Å². The Bertz CT molecular complexity index is 96.3. The van der Waals surface area contributed by atoms with Gasteiger partial charge in [0.1, 0.15) is 0 Å². The van der Waals surface area contributed by atoms with Gasteiger partial charge in [-0.15, -0.1) is 0 Å². The topological polar surface area (TPSA) is 0 Å². The molecule has 0 amide bonds. The predicted octanol–water partition coefficient (Wildman–Crippen LogP) is 2.81. The third kappa shape index (κ3) is 2.63. The SMILES string of the molecule is CC[Si](C)(F)C(F)(F)F.F. The Morgan fingerprint density at radius 1 is 1.30 bits per heavy atom.